The van der Waals surface area contributed by atoms with Gasteiger partial charge in [0.2, 0.25) is 5.28 Å². The van der Waals surface area contributed by atoms with Gasteiger partial charge in [-0.05, 0) is 28.8 Å². The minimum Gasteiger partial charge on any atom is -0.218 e. The standard InChI is InChI=1S/C22H17ClN2/c1-3-8-16(4-2)17-11-13-19(14-12-17)21-15-20(24-22(23)25-21)18-9-6-5-7-10-18/h3-15H,1-2H2/b16-8+. The second kappa shape index (κ2) is 7.73. The van der Waals surface area contributed by atoms with Crippen molar-refractivity contribution < 1.29 is 0 Å². The molecular formula is C22H17ClN2. The molecule has 0 saturated heterocycles. The van der Waals surface area contributed by atoms with Crippen LogP contribution in [0.3, 0.4) is 0 Å². The van der Waals surface area contributed by atoms with Crippen LogP contribution in [0.25, 0.3) is 28.1 Å². The van der Waals surface area contributed by atoms with Crippen molar-refractivity contribution in [1.29, 1.82) is 0 Å². The van der Waals surface area contributed by atoms with Gasteiger partial charge in [0.25, 0.3) is 0 Å². The van der Waals surface area contributed by atoms with E-state index in [1.165, 1.54) is 0 Å². The summed E-state index contributed by atoms with van der Waals surface area (Å²) in [7, 11) is 0. The van der Waals surface area contributed by atoms with E-state index in [1.807, 2.05) is 72.8 Å². The lowest BCUT2D eigenvalue weighted by Crippen LogP contribution is -1.92. The molecule has 1 aromatic heterocycles. The number of hydrogen-bond acceptors (Lipinski definition) is 2. The Labute approximate surface area is 152 Å². The molecule has 0 radical (unpaired) electrons. The lowest BCUT2D eigenvalue weighted by molar-refractivity contribution is 1.18. The smallest absolute Gasteiger partial charge is 0.218 e. The summed E-state index contributed by atoms with van der Waals surface area (Å²) in [5.74, 6) is 0. The molecule has 122 valence electrons. The third-order valence-electron chi connectivity index (χ3n) is 3.80. The predicted octanol–water partition coefficient (Wildman–Crippen LogP) is 6.22. The zero-order chi connectivity index (χ0) is 17.6. The molecule has 25 heavy (non-hydrogen) atoms. The van der Waals surface area contributed by atoms with Gasteiger partial charge in [-0.15, -0.1) is 0 Å². The summed E-state index contributed by atoms with van der Waals surface area (Å²) in [6.07, 6.45) is 5.49. The molecule has 0 atom stereocenters. The summed E-state index contributed by atoms with van der Waals surface area (Å²) >= 11 is 6.14. The Bertz CT molecular complexity index is 926. The third-order valence-corrected chi connectivity index (χ3v) is 3.97. The fourth-order valence-corrected chi connectivity index (χ4v) is 2.75. The van der Waals surface area contributed by atoms with Crippen molar-refractivity contribution in [2.24, 2.45) is 0 Å². The van der Waals surface area contributed by atoms with Crippen LogP contribution >= 0.6 is 11.6 Å². The first kappa shape index (κ1) is 16.9. The van der Waals surface area contributed by atoms with Crippen LogP contribution in [-0.2, 0) is 0 Å². The highest BCUT2D eigenvalue weighted by atomic mass is 35.5. The Hall–Kier alpha value is -2.97. The average molecular weight is 345 g/mol. The number of aromatic nitrogens is 2. The molecule has 0 aliphatic rings. The summed E-state index contributed by atoms with van der Waals surface area (Å²) in [6.45, 7) is 7.57. The molecule has 0 aliphatic carbocycles. The van der Waals surface area contributed by atoms with E-state index in [0.29, 0.717) is 0 Å². The van der Waals surface area contributed by atoms with Crippen molar-refractivity contribution in [1.82, 2.24) is 9.97 Å². The van der Waals surface area contributed by atoms with Crippen LogP contribution in [0, 0.1) is 0 Å². The maximum absolute atomic E-state index is 6.14. The summed E-state index contributed by atoms with van der Waals surface area (Å²) in [5, 5.41) is 0.235. The number of allylic oxidation sites excluding steroid dienone is 4. The molecule has 0 aliphatic heterocycles. The van der Waals surface area contributed by atoms with E-state index < -0.39 is 0 Å². The summed E-state index contributed by atoms with van der Waals surface area (Å²) < 4.78 is 0. The van der Waals surface area contributed by atoms with Gasteiger partial charge in [0.15, 0.2) is 0 Å². The minimum absolute atomic E-state index is 0.235. The van der Waals surface area contributed by atoms with Crippen LogP contribution < -0.4 is 0 Å². The van der Waals surface area contributed by atoms with Crippen LogP contribution in [0.4, 0.5) is 0 Å². The van der Waals surface area contributed by atoms with Gasteiger partial charge in [0.1, 0.15) is 0 Å². The van der Waals surface area contributed by atoms with Gasteiger partial charge in [-0.1, -0.05) is 86.0 Å². The van der Waals surface area contributed by atoms with Crippen LogP contribution in [-0.4, -0.2) is 9.97 Å². The summed E-state index contributed by atoms with van der Waals surface area (Å²) in [4.78, 5) is 8.70. The van der Waals surface area contributed by atoms with Crippen molar-refractivity contribution in [3.63, 3.8) is 0 Å². The first-order valence-electron chi connectivity index (χ1n) is 7.87. The van der Waals surface area contributed by atoms with Gasteiger partial charge < -0.3 is 0 Å². The Kier molecular flexibility index (Phi) is 5.22. The molecule has 0 amide bonds. The molecule has 2 nitrogen and oxygen atoms in total. The number of halogens is 1. The molecule has 2 aromatic carbocycles. The molecule has 3 aromatic rings. The van der Waals surface area contributed by atoms with E-state index in [4.69, 9.17) is 11.6 Å². The minimum atomic E-state index is 0.235. The molecule has 0 N–H and O–H groups in total. The number of nitrogens with zero attached hydrogens (tertiary/aromatic N) is 2. The van der Waals surface area contributed by atoms with E-state index in [-0.39, 0.29) is 5.28 Å². The molecule has 3 heteroatoms. The zero-order valence-corrected chi connectivity index (χ0v) is 14.4. The second-order valence-electron chi connectivity index (χ2n) is 5.41. The van der Waals surface area contributed by atoms with Crippen molar-refractivity contribution >= 4 is 17.2 Å². The number of rotatable bonds is 5. The van der Waals surface area contributed by atoms with Gasteiger partial charge in [-0.2, -0.15) is 0 Å². The average Bonchev–Trinajstić information content (AvgIpc) is 2.66. The lowest BCUT2D eigenvalue weighted by atomic mass is 10.0. The molecule has 0 unspecified atom stereocenters. The van der Waals surface area contributed by atoms with Gasteiger partial charge in [-0.25, -0.2) is 9.97 Å². The normalized spacial score (nSPS) is 11.2. The molecule has 0 fully saturated rings. The Balaban J connectivity index is 2.00. The lowest BCUT2D eigenvalue weighted by Gasteiger charge is -2.07. The largest absolute Gasteiger partial charge is 0.223 e. The number of hydrogen-bond donors (Lipinski definition) is 0. The van der Waals surface area contributed by atoms with Crippen molar-refractivity contribution in [2.45, 2.75) is 0 Å². The fraction of sp³-hybridized carbons (Fsp3) is 0. The Morgan fingerprint density at radius 1 is 0.840 bits per heavy atom. The topological polar surface area (TPSA) is 25.8 Å². The number of benzene rings is 2. The maximum Gasteiger partial charge on any atom is 0.223 e. The molecule has 3 rings (SSSR count). The second-order valence-corrected chi connectivity index (χ2v) is 5.75. The van der Waals surface area contributed by atoms with Crippen molar-refractivity contribution in [3.05, 3.63) is 103 Å². The van der Waals surface area contributed by atoms with Gasteiger partial charge in [-0.3, -0.25) is 0 Å². The molecule has 0 saturated carbocycles. The fourth-order valence-electron chi connectivity index (χ4n) is 2.57. The van der Waals surface area contributed by atoms with E-state index >= 15 is 0 Å². The van der Waals surface area contributed by atoms with Gasteiger partial charge in [0.05, 0.1) is 11.4 Å². The highest BCUT2D eigenvalue weighted by Gasteiger charge is 2.08. The van der Waals surface area contributed by atoms with E-state index in [2.05, 4.69) is 23.1 Å². The van der Waals surface area contributed by atoms with Crippen LogP contribution in [0.15, 0.2) is 92.0 Å². The summed E-state index contributed by atoms with van der Waals surface area (Å²) in [6, 6.07) is 20.0. The quantitative estimate of drug-likeness (QED) is 0.405. The van der Waals surface area contributed by atoms with Crippen LogP contribution in [0.1, 0.15) is 5.56 Å². The highest BCUT2D eigenvalue weighted by molar-refractivity contribution is 6.28. The molecule has 1 heterocycles. The monoisotopic (exact) mass is 344 g/mol. The summed E-state index contributed by atoms with van der Waals surface area (Å²) in [5.41, 5.74) is 5.67. The van der Waals surface area contributed by atoms with Gasteiger partial charge in [0, 0.05) is 11.1 Å². The van der Waals surface area contributed by atoms with Crippen molar-refractivity contribution in [2.75, 3.05) is 0 Å². The molecule has 0 spiro atoms. The van der Waals surface area contributed by atoms with Crippen LogP contribution in [0.5, 0.6) is 0 Å². The predicted molar refractivity (Wildman–Crippen MR) is 106 cm³/mol. The SMILES string of the molecule is C=C/C=C(\C=C)c1ccc(-c2cc(-c3ccccc3)nc(Cl)n2)cc1. The van der Waals surface area contributed by atoms with E-state index in [9.17, 15) is 0 Å². The Morgan fingerprint density at radius 3 is 2.00 bits per heavy atom. The first-order valence-corrected chi connectivity index (χ1v) is 8.25. The molecule has 0 bridgehead atoms. The maximum atomic E-state index is 6.14. The van der Waals surface area contributed by atoms with E-state index in [0.717, 1.165) is 33.7 Å². The zero-order valence-electron chi connectivity index (χ0n) is 13.7. The first-order chi connectivity index (χ1) is 12.2. The van der Waals surface area contributed by atoms with Crippen molar-refractivity contribution in [3.8, 4) is 22.5 Å². The molecular weight excluding hydrogens is 328 g/mol. The van der Waals surface area contributed by atoms with Gasteiger partial charge >= 0.3 is 0 Å². The van der Waals surface area contributed by atoms with Crippen LogP contribution in [0.2, 0.25) is 5.28 Å². The van der Waals surface area contributed by atoms with E-state index in [1.54, 1.807) is 6.08 Å². The Morgan fingerprint density at radius 2 is 1.44 bits per heavy atom. The highest BCUT2D eigenvalue weighted by Crippen LogP contribution is 2.26. The third kappa shape index (κ3) is 3.93.